The molecule has 1 unspecified atom stereocenters. The average molecular weight is 223 g/mol. The van der Waals surface area contributed by atoms with E-state index < -0.39 is 0 Å². The number of hydrogen-bond donors (Lipinski definition) is 2. The minimum atomic E-state index is -0.141. The lowest BCUT2D eigenvalue weighted by Gasteiger charge is -2.14. The third-order valence-corrected chi connectivity index (χ3v) is 2.56. The molecule has 4 heteroatoms. The normalized spacial score (nSPS) is 12.7. The predicted octanol–water partition coefficient (Wildman–Crippen LogP) is 2.49. The van der Waals surface area contributed by atoms with Crippen LogP contribution in [-0.4, -0.2) is 0 Å². The lowest BCUT2D eigenvalue weighted by Crippen LogP contribution is -2.28. The molecule has 0 radical (unpaired) electrons. The Labute approximate surface area is 92.8 Å². The number of nitrogens with two attached hydrogens (primary N) is 1. The van der Waals surface area contributed by atoms with Gasteiger partial charge in [0, 0.05) is 5.56 Å². The first-order valence-electron chi connectivity index (χ1n) is 4.57. The number of halogens is 1. The molecule has 2 rings (SSSR count). The summed E-state index contributed by atoms with van der Waals surface area (Å²) in [5.74, 6) is 5.51. The van der Waals surface area contributed by atoms with Gasteiger partial charge in [0.2, 0.25) is 0 Å². The number of benzene rings is 1. The Kier molecular flexibility index (Phi) is 3.06. The Morgan fingerprint density at radius 1 is 1.20 bits per heavy atom. The minimum absolute atomic E-state index is 0.141. The molecule has 0 aliphatic heterocycles. The Morgan fingerprint density at radius 3 is 2.47 bits per heavy atom. The summed E-state index contributed by atoms with van der Waals surface area (Å²) in [7, 11) is 0. The Morgan fingerprint density at radius 2 is 1.93 bits per heavy atom. The summed E-state index contributed by atoms with van der Waals surface area (Å²) in [6.45, 7) is 0. The van der Waals surface area contributed by atoms with Gasteiger partial charge in [0.1, 0.15) is 0 Å². The fourth-order valence-electron chi connectivity index (χ4n) is 1.52. The third-order valence-electron chi connectivity index (χ3n) is 2.26. The molecule has 0 aliphatic rings. The van der Waals surface area contributed by atoms with Crippen molar-refractivity contribution >= 4 is 11.6 Å². The number of hydrogen-bond acceptors (Lipinski definition) is 3. The third kappa shape index (κ3) is 2.04. The van der Waals surface area contributed by atoms with Crippen molar-refractivity contribution in [1.82, 2.24) is 5.43 Å². The molecule has 0 aliphatic carbocycles. The maximum atomic E-state index is 5.90. The van der Waals surface area contributed by atoms with Crippen LogP contribution in [0.15, 0.2) is 47.1 Å². The van der Waals surface area contributed by atoms with E-state index in [0.29, 0.717) is 5.22 Å². The molecule has 0 saturated carbocycles. The molecular formula is C11H11ClN2O. The zero-order valence-electron chi connectivity index (χ0n) is 7.98. The molecule has 15 heavy (non-hydrogen) atoms. The Bertz CT molecular complexity index is 427. The summed E-state index contributed by atoms with van der Waals surface area (Å²) in [6.07, 6.45) is 1.55. The summed E-state index contributed by atoms with van der Waals surface area (Å²) in [4.78, 5) is 0. The highest BCUT2D eigenvalue weighted by atomic mass is 35.5. The maximum absolute atomic E-state index is 5.90. The summed E-state index contributed by atoms with van der Waals surface area (Å²) in [5.41, 5.74) is 4.60. The summed E-state index contributed by atoms with van der Waals surface area (Å²) >= 11 is 5.90. The van der Waals surface area contributed by atoms with E-state index in [1.165, 1.54) is 0 Å². The molecule has 0 bridgehead atoms. The van der Waals surface area contributed by atoms with Crippen molar-refractivity contribution in [3.8, 4) is 0 Å². The highest BCUT2D eigenvalue weighted by Crippen LogP contribution is 2.28. The van der Waals surface area contributed by atoms with Crippen LogP contribution in [0.5, 0.6) is 0 Å². The van der Waals surface area contributed by atoms with Gasteiger partial charge in [-0.3, -0.25) is 5.84 Å². The van der Waals surface area contributed by atoms with Crippen LogP contribution >= 0.6 is 11.6 Å². The van der Waals surface area contributed by atoms with Gasteiger partial charge >= 0.3 is 0 Å². The van der Waals surface area contributed by atoms with Crippen molar-refractivity contribution < 1.29 is 4.42 Å². The van der Waals surface area contributed by atoms with Crippen LogP contribution in [0.1, 0.15) is 17.2 Å². The topological polar surface area (TPSA) is 51.2 Å². The van der Waals surface area contributed by atoms with Crippen LogP contribution in [0, 0.1) is 0 Å². The van der Waals surface area contributed by atoms with Crippen molar-refractivity contribution in [2.24, 2.45) is 5.84 Å². The lowest BCUT2D eigenvalue weighted by atomic mass is 10.0. The van der Waals surface area contributed by atoms with Crippen molar-refractivity contribution in [2.45, 2.75) is 6.04 Å². The monoisotopic (exact) mass is 222 g/mol. The Balaban J connectivity index is 2.37. The number of hydrazine groups is 1. The molecule has 3 N–H and O–H groups in total. The molecule has 1 heterocycles. The molecule has 78 valence electrons. The van der Waals surface area contributed by atoms with Crippen LogP contribution in [-0.2, 0) is 0 Å². The molecule has 1 aromatic heterocycles. The SMILES string of the molecule is NNC(c1ccccc1)c1ccoc1Cl. The highest BCUT2D eigenvalue weighted by Gasteiger charge is 2.16. The van der Waals surface area contributed by atoms with Crippen molar-refractivity contribution in [3.05, 3.63) is 59.0 Å². The largest absolute Gasteiger partial charge is 0.453 e. The van der Waals surface area contributed by atoms with Crippen molar-refractivity contribution in [2.75, 3.05) is 0 Å². The second-order valence-corrected chi connectivity index (χ2v) is 3.50. The number of rotatable bonds is 3. The first-order valence-corrected chi connectivity index (χ1v) is 4.94. The van der Waals surface area contributed by atoms with Gasteiger partial charge in [0.15, 0.2) is 5.22 Å². The fourth-order valence-corrected chi connectivity index (χ4v) is 1.74. The molecule has 2 aromatic rings. The smallest absolute Gasteiger partial charge is 0.198 e. The first kappa shape index (κ1) is 10.2. The standard InChI is InChI=1S/C11H11ClN2O/c12-11-9(6-7-15-11)10(14-13)8-4-2-1-3-5-8/h1-7,10,14H,13H2. The van der Waals surface area contributed by atoms with Gasteiger partial charge in [-0.15, -0.1) is 0 Å². The van der Waals surface area contributed by atoms with Crippen LogP contribution < -0.4 is 11.3 Å². The molecule has 0 amide bonds. The van der Waals surface area contributed by atoms with Gasteiger partial charge in [0.25, 0.3) is 0 Å². The van der Waals surface area contributed by atoms with E-state index in [-0.39, 0.29) is 6.04 Å². The van der Waals surface area contributed by atoms with Gasteiger partial charge in [-0.25, -0.2) is 5.43 Å². The van der Waals surface area contributed by atoms with Crippen molar-refractivity contribution in [3.63, 3.8) is 0 Å². The molecule has 1 atom stereocenters. The molecule has 0 spiro atoms. The number of nitrogens with one attached hydrogen (secondary N) is 1. The van der Waals surface area contributed by atoms with E-state index in [1.54, 1.807) is 12.3 Å². The van der Waals surface area contributed by atoms with Gasteiger partial charge < -0.3 is 4.42 Å². The van der Waals surface area contributed by atoms with E-state index in [0.717, 1.165) is 11.1 Å². The fraction of sp³-hybridized carbons (Fsp3) is 0.0909. The molecule has 1 aromatic carbocycles. The van der Waals surface area contributed by atoms with Gasteiger partial charge in [-0.05, 0) is 23.2 Å². The van der Waals surface area contributed by atoms with Crippen LogP contribution in [0.2, 0.25) is 5.22 Å². The maximum Gasteiger partial charge on any atom is 0.198 e. The summed E-state index contributed by atoms with van der Waals surface area (Å²) in [6, 6.07) is 11.5. The second-order valence-electron chi connectivity index (χ2n) is 3.16. The second kappa shape index (κ2) is 4.49. The van der Waals surface area contributed by atoms with Gasteiger partial charge in [-0.1, -0.05) is 30.3 Å². The predicted molar refractivity (Wildman–Crippen MR) is 59.3 cm³/mol. The summed E-state index contributed by atoms with van der Waals surface area (Å²) < 4.78 is 5.04. The quantitative estimate of drug-likeness (QED) is 0.620. The molecular weight excluding hydrogens is 212 g/mol. The zero-order valence-corrected chi connectivity index (χ0v) is 8.74. The van der Waals surface area contributed by atoms with E-state index in [9.17, 15) is 0 Å². The lowest BCUT2D eigenvalue weighted by molar-refractivity contribution is 0.555. The van der Waals surface area contributed by atoms with E-state index in [4.69, 9.17) is 21.9 Å². The molecule has 0 fully saturated rings. The molecule has 3 nitrogen and oxygen atoms in total. The van der Waals surface area contributed by atoms with Gasteiger partial charge in [0.05, 0.1) is 12.3 Å². The van der Waals surface area contributed by atoms with Crippen molar-refractivity contribution in [1.29, 1.82) is 0 Å². The average Bonchev–Trinajstić information content (AvgIpc) is 2.68. The zero-order chi connectivity index (χ0) is 10.7. The molecule has 0 saturated heterocycles. The minimum Gasteiger partial charge on any atom is -0.453 e. The van der Waals surface area contributed by atoms with Crippen LogP contribution in [0.25, 0.3) is 0 Å². The number of furan rings is 1. The van der Waals surface area contributed by atoms with E-state index in [2.05, 4.69) is 5.43 Å². The van der Waals surface area contributed by atoms with E-state index >= 15 is 0 Å². The van der Waals surface area contributed by atoms with E-state index in [1.807, 2.05) is 30.3 Å². The highest BCUT2D eigenvalue weighted by molar-refractivity contribution is 6.29. The van der Waals surface area contributed by atoms with Crippen LogP contribution in [0.4, 0.5) is 0 Å². The van der Waals surface area contributed by atoms with Crippen LogP contribution in [0.3, 0.4) is 0 Å². The Hall–Kier alpha value is -1.29. The van der Waals surface area contributed by atoms with Gasteiger partial charge in [-0.2, -0.15) is 0 Å². The first-order chi connectivity index (χ1) is 7.33. The summed E-state index contributed by atoms with van der Waals surface area (Å²) in [5, 5.41) is 0.363.